The van der Waals surface area contributed by atoms with Gasteiger partial charge in [0.25, 0.3) is 5.91 Å². The van der Waals surface area contributed by atoms with E-state index in [-0.39, 0.29) is 37.9 Å². The molecule has 0 aliphatic carbocycles. The highest BCUT2D eigenvalue weighted by molar-refractivity contribution is 5.87. The van der Waals surface area contributed by atoms with Crippen LogP contribution >= 0.6 is 0 Å². The fraction of sp³-hybridized carbons (Fsp3) is 0.946. The monoisotopic (exact) mass is 612 g/mol. The maximum Gasteiger partial charge on any atom is 0.306 e. The van der Waals surface area contributed by atoms with E-state index in [2.05, 4.69) is 13.8 Å². The van der Waals surface area contributed by atoms with Crippen LogP contribution in [-0.2, 0) is 14.3 Å². The molecule has 0 saturated heterocycles. The van der Waals surface area contributed by atoms with Gasteiger partial charge in [-0.05, 0) is 32.1 Å². The number of unbranched alkanes of at least 4 members (excludes halogenated alkanes) is 22. The number of nitrogens with two attached hydrogens (primary N) is 1. The van der Waals surface area contributed by atoms with E-state index in [1.165, 1.54) is 116 Å². The van der Waals surface area contributed by atoms with Crippen molar-refractivity contribution in [1.29, 1.82) is 0 Å². The Bertz CT molecular complexity index is 628. The van der Waals surface area contributed by atoms with E-state index in [4.69, 9.17) is 10.5 Å². The van der Waals surface area contributed by atoms with Gasteiger partial charge in [0, 0.05) is 25.6 Å². The Kier molecular flexibility index (Phi) is 30.0. The van der Waals surface area contributed by atoms with Crippen molar-refractivity contribution in [2.75, 3.05) is 13.2 Å². The quantitative estimate of drug-likeness (QED) is 0.0495. The Labute approximate surface area is 266 Å². The van der Waals surface area contributed by atoms with Crippen LogP contribution in [0.2, 0.25) is 0 Å². The normalized spacial score (nSPS) is 13.6. The molecule has 1 amide bonds. The van der Waals surface area contributed by atoms with Crippen molar-refractivity contribution < 1.29 is 24.5 Å². The molecule has 2 atom stereocenters. The molecule has 0 heterocycles. The number of aliphatic hydroxyl groups excluding tert-OH is 2. The second-order valence-corrected chi connectivity index (χ2v) is 13.1. The fourth-order valence-corrected chi connectivity index (χ4v) is 6.42. The lowest BCUT2D eigenvalue weighted by Crippen LogP contribution is -2.53. The summed E-state index contributed by atoms with van der Waals surface area (Å²) in [7, 11) is 0. The van der Waals surface area contributed by atoms with E-state index in [1.807, 2.05) is 0 Å². The lowest BCUT2D eigenvalue weighted by atomic mass is 9.77. The highest BCUT2D eigenvalue weighted by Gasteiger charge is 2.46. The first kappa shape index (κ1) is 41.9. The number of esters is 1. The van der Waals surface area contributed by atoms with Crippen molar-refractivity contribution in [2.24, 2.45) is 11.7 Å². The molecule has 0 fully saturated rings. The molecule has 0 aromatic carbocycles. The summed E-state index contributed by atoms with van der Waals surface area (Å²) in [5, 5.41) is 19.3. The van der Waals surface area contributed by atoms with Gasteiger partial charge in [-0.1, -0.05) is 162 Å². The maximum atomic E-state index is 12.9. The third-order valence-electron chi connectivity index (χ3n) is 9.20. The minimum Gasteiger partial charge on any atom is -0.449 e. The molecule has 0 bridgehead atoms. The average molecular weight is 612 g/mol. The van der Waals surface area contributed by atoms with Gasteiger partial charge in [0.1, 0.15) is 0 Å². The number of ether oxygens (including phenoxy) is 1. The first-order chi connectivity index (χ1) is 21.0. The van der Waals surface area contributed by atoms with E-state index in [9.17, 15) is 19.8 Å². The van der Waals surface area contributed by atoms with Crippen LogP contribution in [0.4, 0.5) is 0 Å². The SMILES string of the molecule is CCCCCCCCCCCCCCCC(=O)OC(CCCO)(C(N)=O)C(CCO)CCCCCCCCCCCCC. The minimum atomic E-state index is -1.46. The van der Waals surface area contributed by atoms with Gasteiger partial charge in [-0.2, -0.15) is 0 Å². The standard InChI is InChI=1S/C37H73NO5/c1-3-5-7-9-11-13-15-16-18-20-22-24-26-29-35(41)43-37(36(38)42,31-27-32-39)34(30-33-40)28-25-23-21-19-17-14-12-10-8-6-4-2/h34,39-40H,3-33H2,1-2H3,(H2,38,42). The largest absolute Gasteiger partial charge is 0.449 e. The first-order valence-electron chi connectivity index (χ1n) is 18.7. The van der Waals surface area contributed by atoms with Crippen molar-refractivity contribution >= 4 is 11.9 Å². The fourth-order valence-electron chi connectivity index (χ4n) is 6.42. The molecule has 6 heteroatoms. The molecule has 256 valence electrons. The Hall–Kier alpha value is -1.14. The molecule has 0 rings (SSSR count). The van der Waals surface area contributed by atoms with Crippen LogP contribution in [0.25, 0.3) is 0 Å². The Morgan fingerprint density at radius 3 is 1.33 bits per heavy atom. The summed E-state index contributed by atoms with van der Waals surface area (Å²) in [6, 6.07) is 0. The summed E-state index contributed by atoms with van der Waals surface area (Å²) in [5.74, 6) is -1.38. The molecule has 0 aromatic rings. The van der Waals surface area contributed by atoms with Crippen molar-refractivity contribution in [1.82, 2.24) is 0 Å². The molecule has 0 aliphatic heterocycles. The second-order valence-electron chi connectivity index (χ2n) is 13.1. The van der Waals surface area contributed by atoms with Crippen LogP contribution in [0.1, 0.15) is 200 Å². The molecule has 4 N–H and O–H groups in total. The van der Waals surface area contributed by atoms with Gasteiger partial charge in [-0.3, -0.25) is 9.59 Å². The molecule has 0 radical (unpaired) electrons. The van der Waals surface area contributed by atoms with E-state index in [1.54, 1.807) is 0 Å². The van der Waals surface area contributed by atoms with Crippen molar-refractivity contribution in [3.63, 3.8) is 0 Å². The Morgan fingerprint density at radius 2 is 0.953 bits per heavy atom. The van der Waals surface area contributed by atoms with Crippen LogP contribution in [0, 0.1) is 5.92 Å². The van der Waals surface area contributed by atoms with E-state index in [0.717, 1.165) is 38.5 Å². The van der Waals surface area contributed by atoms with Gasteiger partial charge in [0.2, 0.25) is 0 Å². The number of carbonyl (C=O) groups is 2. The zero-order chi connectivity index (χ0) is 31.9. The molecule has 6 nitrogen and oxygen atoms in total. The van der Waals surface area contributed by atoms with Crippen molar-refractivity contribution in [3.8, 4) is 0 Å². The average Bonchev–Trinajstić information content (AvgIpc) is 2.99. The van der Waals surface area contributed by atoms with E-state index >= 15 is 0 Å². The van der Waals surface area contributed by atoms with Gasteiger partial charge in [0.15, 0.2) is 5.60 Å². The molecule has 0 aromatic heterocycles. The molecule has 0 spiro atoms. The third kappa shape index (κ3) is 22.9. The molecule has 43 heavy (non-hydrogen) atoms. The third-order valence-corrected chi connectivity index (χ3v) is 9.20. The highest BCUT2D eigenvalue weighted by Crippen LogP contribution is 2.35. The predicted molar refractivity (Wildman–Crippen MR) is 181 cm³/mol. The lowest BCUT2D eigenvalue weighted by molar-refractivity contribution is -0.177. The van der Waals surface area contributed by atoms with E-state index < -0.39 is 11.5 Å². The summed E-state index contributed by atoms with van der Waals surface area (Å²) in [4.78, 5) is 25.8. The number of carbonyl (C=O) groups excluding carboxylic acids is 2. The summed E-state index contributed by atoms with van der Waals surface area (Å²) in [6.07, 6.45) is 31.5. The zero-order valence-corrected chi connectivity index (χ0v) is 28.7. The van der Waals surface area contributed by atoms with Crippen LogP contribution in [0.5, 0.6) is 0 Å². The van der Waals surface area contributed by atoms with Crippen molar-refractivity contribution in [2.45, 2.75) is 206 Å². The number of rotatable bonds is 34. The van der Waals surface area contributed by atoms with Gasteiger partial charge in [-0.15, -0.1) is 0 Å². The van der Waals surface area contributed by atoms with Crippen molar-refractivity contribution in [3.05, 3.63) is 0 Å². The zero-order valence-electron chi connectivity index (χ0n) is 28.7. The minimum absolute atomic E-state index is 0.0900. The number of aliphatic hydroxyl groups is 2. The van der Waals surface area contributed by atoms with Crippen LogP contribution in [-0.4, -0.2) is 40.9 Å². The number of hydrogen-bond donors (Lipinski definition) is 3. The Morgan fingerprint density at radius 1 is 0.558 bits per heavy atom. The summed E-state index contributed by atoms with van der Waals surface area (Å²) >= 11 is 0. The van der Waals surface area contributed by atoms with Gasteiger partial charge in [0.05, 0.1) is 0 Å². The summed E-state index contributed by atoms with van der Waals surface area (Å²) < 4.78 is 5.94. The molecule has 2 unspecified atom stereocenters. The second kappa shape index (κ2) is 30.9. The summed E-state index contributed by atoms with van der Waals surface area (Å²) in [5.41, 5.74) is 4.46. The number of primary amides is 1. The number of hydrogen-bond acceptors (Lipinski definition) is 5. The highest BCUT2D eigenvalue weighted by atomic mass is 16.6. The van der Waals surface area contributed by atoms with Gasteiger partial charge < -0.3 is 20.7 Å². The summed E-state index contributed by atoms with van der Waals surface area (Å²) in [6.45, 7) is 4.31. The molecule has 0 saturated carbocycles. The maximum absolute atomic E-state index is 12.9. The Balaban J connectivity index is 4.52. The van der Waals surface area contributed by atoms with Gasteiger partial charge >= 0.3 is 5.97 Å². The van der Waals surface area contributed by atoms with Crippen LogP contribution in [0.3, 0.4) is 0 Å². The predicted octanol–water partition coefficient (Wildman–Crippen LogP) is 9.71. The molecule has 0 aliphatic rings. The van der Waals surface area contributed by atoms with E-state index in [0.29, 0.717) is 19.3 Å². The topological polar surface area (TPSA) is 110 Å². The number of amides is 1. The lowest BCUT2D eigenvalue weighted by Gasteiger charge is -2.38. The smallest absolute Gasteiger partial charge is 0.306 e. The van der Waals surface area contributed by atoms with Crippen LogP contribution < -0.4 is 5.73 Å². The molecular weight excluding hydrogens is 538 g/mol. The van der Waals surface area contributed by atoms with Crippen LogP contribution in [0.15, 0.2) is 0 Å². The first-order valence-corrected chi connectivity index (χ1v) is 18.7. The van der Waals surface area contributed by atoms with Gasteiger partial charge in [-0.25, -0.2) is 0 Å². The molecular formula is C37H73NO5.